The van der Waals surface area contributed by atoms with E-state index in [4.69, 9.17) is 0 Å². The second kappa shape index (κ2) is 6.13. The summed E-state index contributed by atoms with van der Waals surface area (Å²) in [7, 11) is -4.51. The van der Waals surface area contributed by atoms with E-state index in [1.54, 1.807) is 0 Å². The van der Waals surface area contributed by atoms with Crippen molar-refractivity contribution in [2.75, 3.05) is 0 Å². The molecule has 0 spiro atoms. The van der Waals surface area contributed by atoms with E-state index in [0.29, 0.717) is 5.56 Å². The maximum absolute atomic E-state index is 11.9. The summed E-state index contributed by atoms with van der Waals surface area (Å²) in [4.78, 5) is 29.5. The zero-order valence-electron chi connectivity index (χ0n) is 10.8. The molecule has 1 rings (SSSR count). The summed E-state index contributed by atoms with van der Waals surface area (Å²) in [6.07, 6.45) is 2.93. The highest BCUT2D eigenvalue weighted by atomic mass is 31.2. The summed E-state index contributed by atoms with van der Waals surface area (Å²) in [6, 6.07) is 5.19. The van der Waals surface area contributed by atoms with Gasteiger partial charge in [0.05, 0.1) is 4.92 Å². The standard InChI is InChI=1S/C13H16NO5P/c1-3-9-13(10-4-2,20(17,18)19)11-5-7-12(8-6-11)14(15)16/h3-8H,1-2,9-10H2,(H2,17,18,19). The van der Waals surface area contributed by atoms with E-state index in [-0.39, 0.29) is 18.5 Å². The van der Waals surface area contributed by atoms with E-state index >= 15 is 0 Å². The predicted molar refractivity (Wildman–Crippen MR) is 76.4 cm³/mol. The quantitative estimate of drug-likeness (QED) is 0.348. The van der Waals surface area contributed by atoms with Crippen molar-refractivity contribution in [1.29, 1.82) is 0 Å². The third kappa shape index (κ3) is 3.04. The average molecular weight is 297 g/mol. The molecule has 0 atom stereocenters. The molecule has 0 bridgehead atoms. The van der Waals surface area contributed by atoms with Gasteiger partial charge < -0.3 is 9.79 Å². The molecule has 0 aromatic heterocycles. The number of nitro benzene ring substituents is 1. The molecule has 0 saturated heterocycles. The summed E-state index contributed by atoms with van der Waals surface area (Å²) < 4.78 is 11.9. The molecule has 20 heavy (non-hydrogen) atoms. The van der Waals surface area contributed by atoms with Crippen molar-refractivity contribution < 1.29 is 19.3 Å². The molecule has 7 heteroatoms. The Morgan fingerprint density at radius 1 is 1.20 bits per heavy atom. The topological polar surface area (TPSA) is 101 Å². The summed E-state index contributed by atoms with van der Waals surface area (Å²) >= 11 is 0. The van der Waals surface area contributed by atoms with Crippen molar-refractivity contribution >= 4 is 13.3 Å². The number of nitrogens with zero attached hydrogens (tertiary/aromatic N) is 1. The van der Waals surface area contributed by atoms with Crippen LogP contribution < -0.4 is 0 Å². The molecule has 2 N–H and O–H groups in total. The first-order chi connectivity index (χ1) is 9.28. The smallest absolute Gasteiger partial charge is 0.324 e. The third-order valence-electron chi connectivity index (χ3n) is 3.14. The van der Waals surface area contributed by atoms with Gasteiger partial charge in [-0.2, -0.15) is 0 Å². The number of nitro groups is 1. The molecule has 1 aromatic carbocycles. The summed E-state index contributed by atoms with van der Waals surface area (Å²) in [5, 5.41) is 9.15. The Bertz CT molecular complexity index is 551. The van der Waals surface area contributed by atoms with Gasteiger partial charge in [0.2, 0.25) is 0 Å². The molecular formula is C13H16NO5P. The van der Waals surface area contributed by atoms with Crippen LogP contribution in [0, 0.1) is 10.1 Å². The minimum absolute atomic E-state index is 0.0428. The monoisotopic (exact) mass is 297 g/mol. The molecule has 0 heterocycles. The lowest BCUT2D eigenvalue weighted by molar-refractivity contribution is -0.384. The van der Waals surface area contributed by atoms with Gasteiger partial charge in [0.1, 0.15) is 5.16 Å². The van der Waals surface area contributed by atoms with Crippen LogP contribution in [-0.4, -0.2) is 14.7 Å². The Morgan fingerprint density at radius 3 is 1.95 bits per heavy atom. The van der Waals surface area contributed by atoms with Crippen molar-refractivity contribution in [1.82, 2.24) is 0 Å². The van der Waals surface area contributed by atoms with Crippen LogP contribution >= 0.6 is 7.60 Å². The molecule has 0 saturated carbocycles. The lowest BCUT2D eigenvalue weighted by Gasteiger charge is -2.33. The second-order valence-corrected chi connectivity index (χ2v) is 6.31. The maximum Gasteiger partial charge on any atom is 0.336 e. The molecule has 0 aliphatic carbocycles. The van der Waals surface area contributed by atoms with Crippen molar-refractivity contribution in [2.24, 2.45) is 0 Å². The van der Waals surface area contributed by atoms with Gasteiger partial charge in [-0.15, -0.1) is 13.2 Å². The summed E-state index contributed by atoms with van der Waals surface area (Å²) in [6.45, 7) is 7.05. The predicted octanol–water partition coefficient (Wildman–Crippen LogP) is 3.12. The molecule has 6 nitrogen and oxygen atoms in total. The fraction of sp³-hybridized carbons (Fsp3) is 0.231. The fourth-order valence-corrected chi connectivity index (χ4v) is 3.32. The fourth-order valence-electron chi connectivity index (χ4n) is 2.10. The lowest BCUT2D eigenvalue weighted by atomic mass is 9.91. The number of non-ortho nitro benzene ring substituents is 1. The Kier molecular flexibility index (Phi) is 5.00. The molecule has 1 aromatic rings. The Labute approximate surface area is 116 Å². The number of hydrogen-bond donors (Lipinski definition) is 2. The Balaban J connectivity index is 3.42. The second-order valence-electron chi connectivity index (χ2n) is 4.37. The Morgan fingerprint density at radius 2 is 1.65 bits per heavy atom. The molecule has 0 aliphatic heterocycles. The molecule has 108 valence electrons. The van der Waals surface area contributed by atoms with Crippen LogP contribution in [0.1, 0.15) is 18.4 Å². The van der Waals surface area contributed by atoms with E-state index < -0.39 is 17.7 Å². The first kappa shape index (κ1) is 16.3. The van der Waals surface area contributed by atoms with Crippen LogP contribution in [0.3, 0.4) is 0 Å². The van der Waals surface area contributed by atoms with E-state index in [1.807, 2.05) is 0 Å². The van der Waals surface area contributed by atoms with Gasteiger partial charge >= 0.3 is 7.60 Å². The van der Waals surface area contributed by atoms with Gasteiger partial charge in [-0.3, -0.25) is 14.7 Å². The van der Waals surface area contributed by atoms with Crippen molar-refractivity contribution in [3.8, 4) is 0 Å². The van der Waals surface area contributed by atoms with Crippen LogP contribution in [0.25, 0.3) is 0 Å². The van der Waals surface area contributed by atoms with Crippen LogP contribution in [-0.2, 0) is 9.72 Å². The van der Waals surface area contributed by atoms with Crippen LogP contribution in [0.2, 0.25) is 0 Å². The summed E-state index contributed by atoms with van der Waals surface area (Å²) in [5.41, 5.74) is 0.196. The molecule has 0 amide bonds. The van der Waals surface area contributed by atoms with Gasteiger partial charge in [-0.1, -0.05) is 24.3 Å². The van der Waals surface area contributed by atoms with Gasteiger partial charge in [-0.05, 0) is 18.4 Å². The molecule has 0 radical (unpaired) electrons. The maximum atomic E-state index is 11.9. The highest BCUT2D eigenvalue weighted by molar-refractivity contribution is 7.53. The van der Waals surface area contributed by atoms with Crippen molar-refractivity contribution in [3.05, 3.63) is 65.3 Å². The van der Waals surface area contributed by atoms with Gasteiger partial charge in [0.25, 0.3) is 5.69 Å². The van der Waals surface area contributed by atoms with E-state index in [0.717, 1.165) is 0 Å². The van der Waals surface area contributed by atoms with Gasteiger partial charge in [0, 0.05) is 12.1 Å². The Hall–Kier alpha value is -1.75. The minimum Gasteiger partial charge on any atom is -0.324 e. The SMILES string of the molecule is C=CCC(CC=C)(c1ccc([N+](=O)[O-])cc1)P(=O)(O)O. The van der Waals surface area contributed by atoms with E-state index in [1.165, 1.54) is 36.4 Å². The first-order valence-corrected chi connectivity index (χ1v) is 7.42. The van der Waals surface area contributed by atoms with Crippen molar-refractivity contribution in [3.63, 3.8) is 0 Å². The zero-order valence-corrected chi connectivity index (χ0v) is 11.7. The van der Waals surface area contributed by atoms with Gasteiger partial charge in [-0.25, -0.2) is 0 Å². The summed E-state index contributed by atoms with van der Waals surface area (Å²) in [5.74, 6) is 0. The molecule has 0 unspecified atom stereocenters. The highest BCUT2D eigenvalue weighted by Gasteiger charge is 2.46. The lowest BCUT2D eigenvalue weighted by Crippen LogP contribution is -2.25. The van der Waals surface area contributed by atoms with E-state index in [2.05, 4.69) is 13.2 Å². The number of benzene rings is 1. The third-order valence-corrected chi connectivity index (χ3v) is 4.88. The molecule has 0 fully saturated rings. The van der Waals surface area contributed by atoms with E-state index in [9.17, 15) is 24.5 Å². The highest BCUT2D eigenvalue weighted by Crippen LogP contribution is 2.61. The normalized spacial score (nSPS) is 11.9. The van der Waals surface area contributed by atoms with Crippen LogP contribution in [0.15, 0.2) is 49.6 Å². The number of rotatable bonds is 7. The zero-order chi connectivity index (χ0) is 15.4. The number of hydrogen-bond acceptors (Lipinski definition) is 3. The average Bonchev–Trinajstić information content (AvgIpc) is 2.37. The molecule has 0 aliphatic rings. The van der Waals surface area contributed by atoms with Crippen LogP contribution in [0.4, 0.5) is 5.69 Å². The molecular weight excluding hydrogens is 281 g/mol. The first-order valence-electron chi connectivity index (χ1n) is 5.81. The van der Waals surface area contributed by atoms with Gasteiger partial charge in [0.15, 0.2) is 0 Å². The van der Waals surface area contributed by atoms with Crippen molar-refractivity contribution in [2.45, 2.75) is 18.0 Å². The minimum atomic E-state index is -4.51. The van der Waals surface area contributed by atoms with Crippen LogP contribution in [0.5, 0.6) is 0 Å². The largest absolute Gasteiger partial charge is 0.336 e. The number of allylic oxidation sites excluding steroid dienone is 2.